The Kier molecular flexibility index (Phi) is 6.29. The van der Waals surface area contributed by atoms with Crippen molar-refractivity contribution < 1.29 is 4.79 Å². The average molecular weight is 264 g/mol. The minimum Gasteiger partial charge on any atom is -0.335 e. The summed E-state index contributed by atoms with van der Waals surface area (Å²) in [5.74, 6) is 5.33. The molecule has 0 aromatic carbocycles. The van der Waals surface area contributed by atoms with Gasteiger partial charge in [-0.3, -0.25) is 15.6 Å². The third-order valence-corrected chi connectivity index (χ3v) is 3.28. The van der Waals surface area contributed by atoms with Crippen molar-refractivity contribution in [2.75, 3.05) is 12.0 Å². The number of pyridine rings is 1. The number of carbonyl (C=O) groups excluding carboxylic acids is 1. The molecule has 0 saturated carbocycles. The number of amides is 1. The van der Waals surface area contributed by atoms with Crippen LogP contribution in [-0.4, -0.2) is 28.4 Å². The van der Waals surface area contributed by atoms with Gasteiger partial charge >= 0.3 is 0 Å². The third kappa shape index (κ3) is 4.21. The molecule has 0 saturated heterocycles. The lowest BCUT2D eigenvalue weighted by atomic mass is 10.1. The number of nitrogen functional groups attached to an aromatic ring is 1. The summed E-state index contributed by atoms with van der Waals surface area (Å²) in [5.41, 5.74) is 3.67. The minimum absolute atomic E-state index is 0.0279. The molecule has 0 fully saturated rings. The van der Waals surface area contributed by atoms with Crippen molar-refractivity contribution in [2.24, 2.45) is 5.84 Å². The molecular formula is C14H24N4O. The summed E-state index contributed by atoms with van der Waals surface area (Å²) in [6.45, 7) is 7.05. The number of hydrazine groups is 1. The Hall–Kier alpha value is -1.62. The predicted molar refractivity (Wildman–Crippen MR) is 77.7 cm³/mol. The van der Waals surface area contributed by atoms with E-state index in [1.54, 1.807) is 18.3 Å². The van der Waals surface area contributed by atoms with Crippen molar-refractivity contribution in [3.05, 3.63) is 24.0 Å². The van der Waals surface area contributed by atoms with Gasteiger partial charge < -0.3 is 10.3 Å². The Labute approximate surface area is 115 Å². The molecule has 1 aromatic heterocycles. The first-order valence-corrected chi connectivity index (χ1v) is 6.87. The quantitative estimate of drug-likeness (QED) is 0.586. The number of anilines is 1. The number of carbonyl (C=O) groups is 1. The Morgan fingerprint density at radius 2 is 2.26 bits per heavy atom. The van der Waals surface area contributed by atoms with Gasteiger partial charge in [0.05, 0.1) is 5.69 Å². The molecule has 0 bridgehead atoms. The number of unbranched alkanes of at least 4 members (excludes halogenated alkanes) is 1. The van der Waals surface area contributed by atoms with Crippen LogP contribution in [0.25, 0.3) is 0 Å². The average Bonchev–Trinajstić information content (AvgIpc) is 2.47. The summed E-state index contributed by atoms with van der Waals surface area (Å²) < 4.78 is 0. The van der Waals surface area contributed by atoms with E-state index in [1.165, 1.54) is 0 Å². The monoisotopic (exact) mass is 264 g/mol. The number of nitrogens with one attached hydrogen (secondary N) is 1. The number of nitrogens with zero attached hydrogens (tertiary/aromatic N) is 2. The van der Waals surface area contributed by atoms with Crippen molar-refractivity contribution in [1.82, 2.24) is 9.88 Å². The van der Waals surface area contributed by atoms with E-state index in [1.807, 2.05) is 4.90 Å². The molecule has 5 heteroatoms. The van der Waals surface area contributed by atoms with Crippen molar-refractivity contribution in [1.29, 1.82) is 0 Å². The molecule has 0 spiro atoms. The zero-order chi connectivity index (χ0) is 14.3. The Morgan fingerprint density at radius 3 is 2.84 bits per heavy atom. The van der Waals surface area contributed by atoms with E-state index in [-0.39, 0.29) is 11.9 Å². The smallest absolute Gasteiger partial charge is 0.272 e. The minimum atomic E-state index is -0.0279. The van der Waals surface area contributed by atoms with E-state index in [0.29, 0.717) is 11.4 Å². The fourth-order valence-corrected chi connectivity index (χ4v) is 1.86. The maximum atomic E-state index is 12.5. The molecule has 0 aliphatic rings. The molecule has 1 heterocycles. The normalized spacial score (nSPS) is 12.0. The van der Waals surface area contributed by atoms with E-state index < -0.39 is 0 Å². The third-order valence-electron chi connectivity index (χ3n) is 3.28. The molecule has 106 valence electrons. The molecule has 1 unspecified atom stereocenters. The van der Waals surface area contributed by atoms with Gasteiger partial charge in [-0.05, 0) is 31.9 Å². The van der Waals surface area contributed by atoms with Crippen molar-refractivity contribution in [3.8, 4) is 0 Å². The molecule has 1 amide bonds. The molecule has 5 nitrogen and oxygen atoms in total. The van der Waals surface area contributed by atoms with Crippen LogP contribution in [0.4, 0.5) is 5.69 Å². The standard InChI is InChI=1S/C14H24N4O/c1-4-6-9-18(11(3)5-2)14(19)13-10-12(17-15)7-8-16-13/h7-8,10-11H,4-6,9,15H2,1-3H3,(H,16,17). The first-order valence-electron chi connectivity index (χ1n) is 6.87. The highest BCUT2D eigenvalue weighted by Crippen LogP contribution is 2.13. The van der Waals surface area contributed by atoms with Crippen LogP contribution in [0.1, 0.15) is 50.5 Å². The highest BCUT2D eigenvalue weighted by molar-refractivity contribution is 5.93. The number of nitrogens with two attached hydrogens (primary N) is 1. The van der Waals surface area contributed by atoms with Crippen LogP contribution in [0.15, 0.2) is 18.3 Å². The van der Waals surface area contributed by atoms with E-state index in [0.717, 1.165) is 25.8 Å². The predicted octanol–water partition coefficient (Wildman–Crippen LogP) is 2.41. The second-order valence-electron chi connectivity index (χ2n) is 4.68. The maximum Gasteiger partial charge on any atom is 0.272 e. The number of rotatable bonds is 7. The van der Waals surface area contributed by atoms with E-state index >= 15 is 0 Å². The number of hydrogen-bond acceptors (Lipinski definition) is 4. The SMILES string of the molecule is CCCCN(C(=O)c1cc(NN)ccn1)C(C)CC. The summed E-state index contributed by atoms with van der Waals surface area (Å²) in [7, 11) is 0. The Bertz CT molecular complexity index is 408. The largest absolute Gasteiger partial charge is 0.335 e. The zero-order valence-electron chi connectivity index (χ0n) is 12.0. The first kappa shape index (κ1) is 15.4. The maximum absolute atomic E-state index is 12.5. The fraction of sp³-hybridized carbons (Fsp3) is 0.571. The van der Waals surface area contributed by atoms with E-state index in [4.69, 9.17) is 5.84 Å². The molecule has 1 atom stereocenters. The molecule has 1 aromatic rings. The van der Waals surface area contributed by atoms with Crippen LogP contribution in [0, 0.1) is 0 Å². The van der Waals surface area contributed by atoms with Gasteiger partial charge in [-0.2, -0.15) is 0 Å². The summed E-state index contributed by atoms with van der Waals surface area (Å²) in [4.78, 5) is 18.6. The number of hydrogen-bond donors (Lipinski definition) is 2. The summed E-state index contributed by atoms with van der Waals surface area (Å²) >= 11 is 0. The van der Waals surface area contributed by atoms with Gasteiger partial charge in [0.15, 0.2) is 0 Å². The van der Waals surface area contributed by atoms with E-state index in [9.17, 15) is 4.79 Å². The Morgan fingerprint density at radius 1 is 1.53 bits per heavy atom. The van der Waals surface area contributed by atoms with Crippen LogP contribution in [-0.2, 0) is 0 Å². The van der Waals surface area contributed by atoms with Gasteiger partial charge in [0.1, 0.15) is 5.69 Å². The summed E-state index contributed by atoms with van der Waals surface area (Å²) in [6, 6.07) is 3.63. The van der Waals surface area contributed by atoms with Gasteiger partial charge in [0, 0.05) is 18.8 Å². The topological polar surface area (TPSA) is 71.2 Å². The first-order chi connectivity index (χ1) is 9.13. The zero-order valence-corrected chi connectivity index (χ0v) is 12.0. The molecule has 0 aliphatic heterocycles. The molecule has 19 heavy (non-hydrogen) atoms. The highest BCUT2D eigenvalue weighted by Gasteiger charge is 2.21. The van der Waals surface area contributed by atoms with Crippen LogP contribution in [0.3, 0.4) is 0 Å². The van der Waals surface area contributed by atoms with Gasteiger partial charge in [0.25, 0.3) is 5.91 Å². The molecule has 1 rings (SSSR count). The molecule has 0 radical (unpaired) electrons. The van der Waals surface area contributed by atoms with Gasteiger partial charge in [0.2, 0.25) is 0 Å². The Balaban J connectivity index is 2.90. The van der Waals surface area contributed by atoms with Gasteiger partial charge in [-0.1, -0.05) is 20.3 Å². The van der Waals surface area contributed by atoms with Crippen LogP contribution in [0.2, 0.25) is 0 Å². The fourth-order valence-electron chi connectivity index (χ4n) is 1.86. The van der Waals surface area contributed by atoms with Crippen molar-refractivity contribution in [3.63, 3.8) is 0 Å². The molecule has 3 N–H and O–H groups in total. The molecule has 0 aliphatic carbocycles. The van der Waals surface area contributed by atoms with E-state index in [2.05, 4.69) is 31.2 Å². The van der Waals surface area contributed by atoms with Crippen LogP contribution < -0.4 is 11.3 Å². The molecular weight excluding hydrogens is 240 g/mol. The van der Waals surface area contributed by atoms with Crippen molar-refractivity contribution in [2.45, 2.75) is 46.1 Å². The second-order valence-corrected chi connectivity index (χ2v) is 4.68. The van der Waals surface area contributed by atoms with Crippen LogP contribution in [0.5, 0.6) is 0 Å². The second kappa shape index (κ2) is 7.74. The summed E-state index contributed by atoms with van der Waals surface area (Å²) in [5, 5.41) is 0. The van der Waals surface area contributed by atoms with Gasteiger partial charge in [-0.25, -0.2) is 0 Å². The van der Waals surface area contributed by atoms with Crippen LogP contribution >= 0.6 is 0 Å². The number of aromatic nitrogens is 1. The van der Waals surface area contributed by atoms with Gasteiger partial charge in [-0.15, -0.1) is 0 Å². The lowest BCUT2D eigenvalue weighted by Crippen LogP contribution is -2.39. The lowest BCUT2D eigenvalue weighted by molar-refractivity contribution is 0.0679. The summed E-state index contributed by atoms with van der Waals surface area (Å²) in [6.07, 6.45) is 4.60. The lowest BCUT2D eigenvalue weighted by Gasteiger charge is -2.28. The highest BCUT2D eigenvalue weighted by atomic mass is 16.2. The van der Waals surface area contributed by atoms with Crippen molar-refractivity contribution >= 4 is 11.6 Å².